The Bertz CT molecular complexity index is 567. The number of rotatable bonds is 5. The molecule has 0 aliphatic rings. The third kappa shape index (κ3) is 6.50. The van der Waals surface area contributed by atoms with Crippen LogP contribution in [0.3, 0.4) is 0 Å². The van der Waals surface area contributed by atoms with Gasteiger partial charge in [-0.15, -0.1) is 0 Å². The van der Waals surface area contributed by atoms with E-state index >= 15 is 0 Å². The fourth-order valence-electron chi connectivity index (χ4n) is 2.27. The van der Waals surface area contributed by atoms with E-state index in [1.165, 1.54) is 0 Å². The van der Waals surface area contributed by atoms with Crippen molar-refractivity contribution in [1.82, 2.24) is 0 Å². The monoisotopic (exact) mass is 401 g/mol. The molecule has 24 heavy (non-hydrogen) atoms. The predicted molar refractivity (Wildman–Crippen MR) is 89.5 cm³/mol. The predicted octanol–water partition coefficient (Wildman–Crippen LogP) is 4.01. The van der Waals surface area contributed by atoms with Gasteiger partial charge < -0.3 is 19.0 Å². The molecule has 1 aromatic carbocycles. The van der Waals surface area contributed by atoms with Crippen LogP contribution < -0.4 is 4.89 Å². The number of phenolic OH excluding ortho intramolecular Hbond substituents is 1. The summed E-state index contributed by atoms with van der Waals surface area (Å²) in [5.74, 6) is 0.254. The van der Waals surface area contributed by atoms with E-state index in [1.807, 2.05) is 41.5 Å². The first-order chi connectivity index (χ1) is 10.3. The molecule has 0 fully saturated rings. The molecule has 1 N–H and O–H groups in total. The van der Waals surface area contributed by atoms with Gasteiger partial charge in [0.1, 0.15) is 5.75 Å². The van der Waals surface area contributed by atoms with Crippen LogP contribution in [0.25, 0.3) is 0 Å². The Morgan fingerprint density at radius 2 is 1.46 bits per heavy atom. The van der Waals surface area contributed by atoms with Gasteiger partial charge in [-0.1, -0.05) is 41.5 Å². The van der Waals surface area contributed by atoms with E-state index in [0.717, 1.165) is 11.1 Å². The molecule has 1 atom stereocenters. The summed E-state index contributed by atoms with van der Waals surface area (Å²) in [4.78, 5) is 11.6. The summed E-state index contributed by atoms with van der Waals surface area (Å²) < 4.78 is 21.1. The van der Waals surface area contributed by atoms with Crippen molar-refractivity contribution >= 4 is 7.82 Å². The first kappa shape index (κ1) is 23.6. The molecule has 7 heteroatoms. The summed E-state index contributed by atoms with van der Waals surface area (Å²) in [5.41, 5.74) is 1.66. The van der Waals surface area contributed by atoms with Crippen molar-refractivity contribution < 1.29 is 40.1 Å². The second kappa shape index (κ2) is 8.34. The summed E-state index contributed by atoms with van der Waals surface area (Å²) in [6.45, 7) is 13.5. The number of hydrogen-bond acceptors (Lipinski definition) is 5. The normalized spacial score (nSPS) is 14.8. The van der Waals surface area contributed by atoms with Crippen LogP contribution in [-0.2, 0) is 47.5 Å². The van der Waals surface area contributed by atoms with Gasteiger partial charge >= 0.3 is 0 Å². The number of hydrogen-bond donors (Lipinski definition) is 1. The number of aromatic hydroxyl groups is 1. The maximum Gasteiger partial charge on any atom is 0.268 e. The molecule has 0 saturated heterocycles. The SMILES string of the molecule is CCOP(=O)([O-])OCc1cc(C(C)(C)C)c(O)c(C(C)(C)C)c1.[Ni]. The van der Waals surface area contributed by atoms with E-state index < -0.39 is 7.82 Å². The molecule has 0 saturated carbocycles. The molecule has 142 valence electrons. The molecule has 0 bridgehead atoms. The quantitative estimate of drug-likeness (QED) is 0.595. The molecule has 0 aliphatic heterocycles. The summed E-state index contributed by atoms with van der Waals surface area (Å²) in [6.07, 6.45) is 0. The van der Waals surface area contributed by atoms with Gasteiger partial charge in [0.25, 0.3) is 7.82 Å². The van der Waals surface area contributed by atoms with E-state index in [2.05, 4.69) is 4.52 Å². The van der Waals surface area contributed by atoms with Crippen molar-refractivity contribution in [3.8, 4) is 5.75 Å². The van der Waals surface area contributed by atoms with Crippen LogP contribution in [0.2, 0.25) is 0 Å². The third-order valence-corrected chi connectivity index (χ3v) is 4.48. The van der Waals surface area contributed by atoms with Crippen LogP contribution in [0, 0.1) is 0 Å². The first-order valence-electron chi connectivity index (χ1n) is 7.75. The van der Waals surface area contributed by atoms with E-state index in [9.17, 15) is 14.6 Å². The van der Waals surface area contributed by atoms with Gasteiger partial charge in [-0.3, -0.25) is 4.57 Å². The van der Waals surface area contributed by atoms with Crippen molar-refractivity contribution in [2.24, 2.45) is 0 Å². The van der Waals surface area contributed by atoms with E-state index in [-0.39, 0.29) is 46.3 Å². The second-order valence-corrected chi connectivity index (χ2v) is 9.09. The molecular weight excluding hydrogens is 374 g/mol. The van der Waals surface area contributed by atoms with Crippen LogP contribution in [0.5, 0.6) is 5.75 Å². The Kier molecular flexibility index (Phi) is 8.20. The molecule has 0 spiro atoms. The smallest absolute Gasteiger partial charge is 0.268 e. The zero-order valence-corrected chi connectivity index (χ0v) is 17.3. The average Bonchev–Trinajstić information content (AvgIpc) is 2.34. The number of phenols is 1. The zero-order valence-electron chi connectivity index (χ0n) is 15.4. The fourth-order valence-corrected chi connectivity index (χ4v) is 2.97. The molecule has 1 rings (SSSR count). The van der Waals surface area contributed by atoms with E-state index in [4.69, 9.17) is 4.52 Å². The Morgan fingerprint density at radius 1 is 1.04 bits per heavy atom. The second-order valence-electron chi connectivity index (χ2n) is 7.68. The van der Waals surface area contributed by atoms with E-state index in [0.29, 0.717) is 5.56 Å². The topological polar surface area (TPSA) is 78.8 Å². The van der Waals surface area contributed by atoms with Gasteiger partial charge in [0.15, 0.2) is 0 Å². The Morgan fingerprint density at radius 3 is 1.79 bits per heavy atom. The van der Waals surface area contributed by atoms with Crippen LogP contribution in [0.15, 0.2) is 12.1 Å². The van der Waals surface area contributed by atoms with Crippen molar-refractivity contribution in [3.05, 3.63) is 28.8 Å². The molecular formula is C17H28NiO5P-. The fraction of sp³-hybridized carbons (Fsp3) is 0.647. The minimum Gasteiger partial charge on any atom is -0.756 e. The van der Waals surface area contributed by atoms with Gasteiger partial charge in [0.2, 0.25) is 0 Å². The Labute approximate surface area is 155 Å². The minimum absolute atomic E-state index is 0. The molecule has 0 aromatic heterocycles. The van der Waals surface area contributed by atoms with Crippen molar-refractivity contribution in [2.75, 3.05) is 6.61 Å². The summed E-state index contributed by atoms with van der Waals surface area (Å²) in [5, 5.41) is 10.6. The van der Waals surface area contributed by atoms with Gasteiger partial charge in [-0.25, -0.2) is 0 Å². The van der Waals surface area contributed by atoms with Crippen molar-refractivity contribution in [1.29, 1.82) is 0 Å². The molecule has 5 nitrogen and oxygen atoms in total. The third-order valence-electron chi connectivity index (χ3n) is 3.46. The number of phosphoric acid groups is 1. The van der Waals surface area contributed by atoms with Crippen LogP contribution >= 0.6 is 7.82 Å². The van der Waals surface area contributed by atoms with Crippen LogP contribution in [-0.4, -0.2) is 11.7 Å². The molecule has 0 heterocycles. The Balaban J connectivity index is 0.00000529. The molecule has 0 aliphatic carbocycles. The Hall–Kier alpha value is -0.376. The van der Waals surface area contributed by atoms with Gasteiger partial charge in [0, 0.05) is 16.5 Å². The number of benzene rings is 1. The largest absolute Gasteiger partial charge is 0.756 e. The van der Waals surface area contributed by atoms with E-state index in [1.54, 1.807) is 19.1 Å². The maximum absolute atomic E-state index is 11.6. The van der Waals surface area contributed by atoms with Gasteiger partial charge in [0.05, 0.1) is 13.2 Å². The maximum atomic E-state index is 11.6. The minimum atomic E-state index is -4.29. The van der Waals surface area contributed by atoms with Gasteiger partial charge in [-0.2, -0.15) is 0 Å². The molecule has 0 amide bonds. The number of phosphoric ester groups is 1. The molecule has 1 aromatic rings. The first-order valence-corrected chi connectivity index (χ1v) is 9.21. The summed E-state index contributed by atoms with van der Waals surface area (Å²) in [6, 6.07) is 3.58. The molecule has 0 radical (unpaired) electrons. The summed E-state index contributed by atoms with van der Waals surface area (Å²) in [7, 11) is -4.29. The van der Waals surface area contributed by atoms with Crippen LogP contribution in [0.1, 0.15) is 65.2 Å². The molecule has 1 unspecified atom stereocenters. The average molecular weight is 402 g/mol. The van der Waals surface area contributed by atoms with Crippen LogP contribution in [0.4, 0.5) is 0 Å². The standard InChI is InChI=1S/C17H29O5P.Ni/c1-8-21-23(19,20)22-11-12-9-13(16(2,3)4)15(18)14(10-12)17(5,6)7;/h9-10,18H,8,11H2,1-7H3,(H,19,20);/p-1. The van der Waals surface area contributed by atoms with Gasteiger partial charge in [-0.05, 0) is 46.6 Å². The van der Waals surface area contributed by atoms with Crippen molar-refractivity contribution in [2.45, 2.75) is 65.9 Å². The summed E-state index contributed by atoms with van der Waals surface area (Å²) >= 11 is 0. The van der Waals surface area contributed by atoms with Crippen molar-refractivity contribution in [3.63, 3.8) is 0 Å². The zero-order chi connectivity index (χ0) is 18.1.